The van der Waals surface area contributed by atoms with E-state index in [1.54, 1.807) is 0 Å². The molecule has 0 aliphatic carbocycles. The van der Waals surface area contributed by atoms with Gasteiger partial charge in [0, 0.05) is 11.8 Å². The molecule has 17 heavy (non-hydrogen) atoms. The number of carbonyl (C=O) groups excluding carboxylic acids is 1. The maximum Gasteiger partial charge on any atom is 0.306 e. The quantitative estimate of drug-likeness (QED) is 0.638. The second kappa shape index (κ2) is 4.52. The van der Waals surface area contributed by atoms with Crippen LogP contribution in [0.15, 0.2) is 0 Å². The van der Waals surface area contributed by atoms with Crippen molar-refractivity contribution in [2.45, 2.75) is 62.9 Å². The van der Waals surface area contributed by atoms with Crippen molar-refractivity contribution in [3.8, 4) is 0 Å². The highest BCUT2D eigenvalue weighted by Crippen LogP contribution is 2.42. The van der Waals surface area contributed by atoms with Gasteiger partial charge in [0.2, 0.25) is 0 Å². The van der Waals surface area contributed by atoms with Crippen molar-refractivity contribution >= 4 is 21.9 Å². The molecule has 0 radical (unpaired) electrons. The standard InChI is InChI=1S/C12H19BrO4/c1-11(8(14)7-13)5-3-9(16-11)12(2)6-4-10(15)17-12/h8-9,14H,3-7H2,1-2H3/t8-,9-,11+,12+/m1/s1. The number of hydrogen-bond donors (Lipinski definition) is 1. The lowest BCUT2D eigenvalue weighted by molar-refractivity contribution is -0.173. The molecule has 2 rings (SSSR count). The largest absolute Gasteiger partial charge is 0.457 e. The van der Waals surface area contributed by atoms with Crippen LogP contribution in [0.4, 0.5) is 0 Å². The third-order valence-electron chi connectivity index (χ3n) is 4.02. The molecule has 2 aliphatic rings. The molecule has 0 saturated carbocycles. The first-order valence-corrected chi connectivity index (χ1v) is 7.15. The summed E-state index contributed by atoms with van der Waals surface area (Å²) in [5.41, 5.74) is -1.05. The van der Waals surface area contributed by atoms with E-state index in [4.69, 9.17) is 9.47 Å². The van der Waals surface area contributed by atoms with E-state index in [1.165, 1.54) is 0 Å². The van der Waals surface area contributed by atoms with Gasteiger partial charge in [-0.2, -0.15) is 0 Å². The number of esters is 1. The van der Waals surface area contributed by atoms with Crippen LogP contribution in [0, 0.1) is 0 Å². The summed E-state index contributed by atoms with van der Waals surface area (Å²) < 4.78 is 11.4. The molecule has 4 nitrogen and oxygen atoms in total. The smallest absolute Gasteiger partial charge is 0.306 e. The monoisotopic (exact) mass is 306 g/mol. The van der Waals surface area contributed by atoms with Gasteiger partial charge in [-0.15, -0.1) is 0 Å². The predicted octanol–water partition coefficient (Wildman–Crippen LogP) is 1.78. The van der Waals surface area contributed by atoms with E-state index in [9.17, 15) is 9.90 Å². The minimum atomic E-state index is -0.536. The van der Waals surface area contributed by atoms with E-state index >= 15 is 0 Å². The van der Waals surface area contributed by atoms with Crippen molar-refractivity contribution in [2.24, 2.45) is 0 Å². The lowest BCUT2D eigenvalue weighted by Gasteiger charge is -2.34. The van der Waals surface area contributed by atoms with Crippen LogP contribution in [-0.2, 0) is 14.3 Å². The third-order valence-corrected chi connectivity index (χ3v) is 4.63. The van der Waals surface area contributed by atoms with Crippen LogP contribution in [0.1, 0.15) is 39.5 Å². The minimum Gasteiger partial charge on any atom is -0.457 e. The van der Waals surface area contributed by atoms with Crippen molar-refractivity contribution in [3.63, 3.8) is 0 Å². The van der Waals surface area contributed by atoms with E-state index in [0.717, 1.165) is 12.8 Å². The van der Waals surface area contributed by atoms with Gasteiger partial charge in [0.1, 0.15) is 5.60 Å². The molecule has 0 spiro atoms. The number of carbonyl (C=O) groups is 1. The third kappa shape index (κ3) is 2.37. The van der Waals surface area contributed by atoms with Crippen LogP contribution < -0.4 is 0 Å². The van der Waals surface area contributed by atoms with Crippen LogP contribution in [0.5, 0.6) is 0 Å². The van der Waals surface area contributed by atoms with Crippen molar-refractivity contribution in [1.82, 2.24) is 0 Å². The number of hydrogen-bond acceptors (Lipinski definition) is 4. The zero-order valence-corrected chi connectivity index (χ0v) is 11.8. The summed E-state index contributed by atoms with van der Waals surface area (Å²) >= 11 is 3.27. The van der Waals surface area contributed by atoms with Crippen LogP contribution in [0.25, 0.3) is 0 Å². The summed E-state index contributed by atoms with van der Waals surface area (Å²) in [6, 6.07) is 0. The molecule has 0 bridgehead atoms. The molecule has 0 aromatic rings. The second-order valence-electron chi connectivity index (χ2n) is 5.41. The molecule has 0 aromatic carbocycles. The summed E-state index contributed by atoms with van der Waals surface area (Å²) in [5, 5.41) is 10.4. The fourth-order valence-electron chi connectivity index (χ4n) is 2.64. The van der Waals surface area contributed by atoms with Gasteiger partial charge in [0.15, 0.2) is 0 Å². The van der Waals surface area contributed by atoms with Gasteiger partial charge in [-0.3, -0.25) is 4.79 Å². The number of ether oxygens (including phenoxy) is 2. The molecule has 0 aromatic heterocycles. The lowest BCUT2D eigenvalue weighted by atomic mass is 9.91. The Morgan fingerprint density at radius 2 is 2.24 bits per heavy atom. The van der Waals surface area contributed by atoms with Gasteiger partial charge in [-0.25, -0.2) is 0 Å². The van der Waals surface area contributed by atoms with Crippen molar-refractivity contribution in [1.29, 1.82) is 0 Å². The predicted molar refractivity (Wildman–Crippen MR) is 66.0 cm³/mol. The molecule has 2 heterocycles. The number of alkyl halides is 1. The summed E-state index contributed by atoms with van der Waals surface area (Å²) in [4.78, 5) is 11.2. The van der Waals surface area contributed by atoms with Gasteiger partial charge in [-0.1, -0.05) is 15.9 Å². The highest BCUT2D eigenvalue weighted by atomic mass is 79.9. The molecule has 0 unspecified atom stereocenters. The second-order valence-corrected chi connectivity index (χ2v) is 6.06. The van der Waals surface area contributed by atoms with E-state index in [-0.39, 0.29) is 12.1 Å². The van der Waals surface area contributed by atoms with Gasteiger partial charge in [0.25, 0.3) is 0 Å². The zero-order chi connectivity index (χ0) is 12.7. The van der Waals surface area contributed by atoms with Gasteiger partial charge < -0.3 is 14.6 Å². The molecule has 4 atom stereocenters. The fraction of sp³-hybridized carbons (Fsp3) is 0.917. The summed E-state index contributed by atoms with van der Waals surface area (Å²) in [6.45, 7) is 3.84. The maximum atomic E-state index is 11.2. The van der Waals surface area contributed by atoms with E-state index in [0.29, 0.717) is 18.2 Å². The molecule has 0 amide bonds. The molecule has 5 heteroatoms. The highest BCUT2D eigenvalue weighted by molar-refractivity contribution is 9.09. The summed E-state index contributed by atoms with van der Waals surface area (Å²) in [7, 11) is 0. The zero-order valence-electron chi connectivity index (χ0n) is 10.2. The van der Waals surface area contributed by atoms with Gasteiger partial charge in [-0.05, 0) is 33.1 Å². The Morgan fingerprint density at radius 3 is 2.76 bits per heavy atom. The van der Waals surface area contributed by atoms with Crippen LogP contribution in [-0.4, -0.2) is 39.8 Å². The van der Waals surface area contributed by atoms with Crippen molar-refractivity contribution in [3.05, 3.63) is 0 Å². The molecule has 2 saturated heterocycles. The van der Waals surface area contributed by atoms with Crippen LogP contribution >= 0.6 is 15.9 Å². The summed E-state index contributed by atoms with van der Waals surface area (Å²) in [6.07, 6.45) is 2.15. The Bertz CT molecular complexity index is 322. The molecule has 2 aliphatic heterocycles. The Labute approximate surface area is 110 Å². The highest BCUT2D eigenvalue weighted by Gasteiger charge is 2.51. The van der Waals surface area contributed by atoms with Gasteiger partial charge in [0.05, 0.1) is 17.8 Å². The Morgan fingerprint density at radius 1 is 1.53 bits per heavy atom. The first kappa shape index (κ1) is 13.3. The normalized spacial score (nSPS) is 43.8. The van der Waals surface area contributed by atoms with Gasteiger partial charge >= 0.3 is 5.97 Å². The Kier molecular flexibility index (Phi) is 3.54. The average molecular weight is 307 g/mol. The number of rotatable bonds is 3. The van der Waals surface area contributed by atoms with Crippen LogP contribution in [0.2, 0.25) is 0 Å². The number of halogens is 1. The first-order chi connectivity index (χ1) is 7.89. The number of cyclic esters (lactones) is 1. The Balaban J connectivity index is 2.05. The average Bonchev–Trinajstić information content (AvgIpc) is 2.84. The Hall–Kier alpha value is -0.130. The molecular weight excluding hydrogens is 288 g/mol. The van der Waals surface area contributed by atoms with Crippen molar-refractivity contribution in [2.75, 3.05) is 5.33 Å². The van der Waals surface area contributed by atoms with E-state index in [1.807, 2.05) is 13.8 Å². The first-order valence-electron chi connectivity index (χ1n) is 6.03. The van der Waals surface area contributed by atoms with Crippen LogP contribution in [0.3, 0.4) is 0 Å². The number of aliphatic hydroxyl groups is 1. The molecule has 2 fully saturated rings. The molecule has 98 valence electrons. The summed E-state index contributed by atoms with van der Waals surface area (Å²) in [5.74, 6) is -0.147. The maximum absolute atomic E-state index is 11.2. The molecule has 1 N–H and O–H groups in total. The van der Waals surface area contributed by atoms with Crippen molar-refractivity contribution < 1.29 is 19.4 Å². The minimum absolute atomic E-state index is 0.104. The fourth-order valence-corrected chi connectivity index (χ4v) is 3.32. The molecular formula is C12H19BrO4. The lowest BCUT2D eigenvalue weighted by Crippen LogP contribution is -2.45. The number of aliphatic hydroxyl groups excluding tert-OH is 1. The van der Waals surface area contributed by atoms with E-state index < -0.39 is 17.3 Å². The SMILES string of the molecule is C[C@@]1([C@H](O)CBr)CC[C@H]([C@]2(C)CCC(=O)O2)O1. The topological polar surface area (TPSA) is 55.8 Å². The van der Waals surface area contributed by atoms with E-state index in [2.05, 4.69) is 15.9 Å².